The van der Waals surface area contributed by atoms with Gasteiger partial charge in [0.2, 0.25) is 11.8 Å². The first-order valence-corrected chi connectivity index (χ1v) is 17.8. The van der Waals surface area contributed by atoms with Crippen molar-refractivity contribution in [3.8, 4) is 11.5 Å². The van der Waals surface area contributed by atoms with Gasteiger partial charge in [0, 0.05) is 11.3 Å². The summed E-state index contributed by atoms with van der Waals surface area (Å²) in [5.41, 5.74) is -0.385. The Morgan fingerprint density at radius 1 is 0.852 bits per heavy atom. The van der Waals surface area contributed by atoms with Gasteiger partial charge in [-0.1, -0.05) is 73.5 Å². The molecule has 1 aliphatic carbocycles. The zero-order valence-electron chi connectivity index (χ0n) is 29.2. The van der Waals surface area contributed by atoms with Crippen LogP contribution >= 0.6 is 0 Å². The van der Waals surface area contributed by atoms with Gasteiger partial charge >= 0.3 is 12.4 Å². The fourth-order valence-electron chi connectivity index (χ4n) is 8.17. The number of alkyl halides is 6. The molecule has 4 atom stereocenters. The number of hydrogen-bond donors (Lipinski definition) is 1. The monoisotopic (exact) mass is 749 g/mol. The lowest BCUT2D eigenvalue weighted by molar-refractivity contribution is -0.143. The molecule has 2 amide bonds. The molecule has 54 heavy (non-hydrogen) atoms. The van der Waals surface area contributed by atoms with E-state index in [0.717, 1.165) is 45.9 Å². The van der Waals surface area contributed by atoms with Gasteiger partial charge in [0.1, 0.15) is 18.1 Å². The molecule has 0 bridgehead atoms. The van der Waals surface area contributed by atoms with Gasteiger partial charge in [0.15, 0.2) is 0 Å². The highest BCUT2D eigenvalue weighted by molar-refractivity contribution is 6.22. The molecule has 7 rings (SSSR count). The van der Waals surface area contributed by atoms with Crippen molar-refractivity contribution in [1.29, 1.82) is 0 Å². The summed E-state index contributed by atoms with van der Waals surface area (Å²) in [5, 5.41) is 12.0. The number of carbonyl (C=O) groups excluding carboxylic acids is 2. The Morgan fingerprint density at radius 3 is 2.19 bits per heavy atom. The Kier molecular flexibility index (Phi) is 10.1. The molecule has 282 valence electrons. The van der Waals surface area contributed by atoms with Gasteiger partial charge in [-0.3, -0.25) is 9.59 Å². The van der Waals surface area contributed by atoms with Crippen molar-refractivity contribution < 1.29 is 50.5 Å². The largest absolute Gasteiger partial charge is 0.507 e. The molecule has 2 saturated heterocycles. The van der Waals surface area contributed by atoms with Crippen LogP contribution in [0.3, 0.4) is 0 Å². The highest BCUT2D eigenvalue weighted by Gasteiger charge is 2.58. The Bertz CT molecular complexity index is 2110. The van der Waals surface area contributed by atoms with Crippen LogP contribution in [0, 0.1) is 17.8 Å². The minimum absolute atomic E-state index is 0.0267. The predicted octanol–water partition coefficient (Wildman–Crippen LogP) is 10.1. The van der Waals surface area contributed by atoms with E-state index in [1.165, 1.54) is 0 Å². The summed E-state index contributed by atoms with van der Waals surface area (Å²) in [5.74, 6) is -3.64. The fraction of sp³-hybridized carbons (Fsp3) is 0.333. The molecule has 12 heteroatoms. The number of amides is 2. The van der Waals surface area contributed by atoms with E-state index in [1.54, 1.807) is 30.3 Å². The van der Waals surface area contributed by atoms with E-state index in [1.807, 2.05) is 36.4 Å². The Morgan fingerprint density at radius 2 is 1.52 bits per heavy atom. The normalized spacial score (nSPS) is 21.9. The van der Waals surface area contributed by atoms with Gasteiger partial charge in [-0.15, -0.1) is 0 Å². The van der Waals surface area contributed by atoms with Crippen LogP contribution in [-0.2, 0) is 26.7 Å². The summed E-state index contributed by atoms with van der Waals surface area (Å²) in [7, 11) is 0. The van der Waals surface area contributed by atoms with Crippen molar-refractivity contribution in [2.45, 2.75) is 57.5 Å². The molecular weight excluding hydrogens is 712 g/mol. The molecule has 2 fully saturated rings. The molecule has 4 aromatic rings. The smallest absolute Gasteiger partial charge is 0.416 e. The summed E-state index contributed by atoms with van der Waals surface area (Å²) >= 11 is 0. The van der Waals surface area contributed by atoms with Crippen molar-refractivity contribution >= 4 is 34.4 Å². The third-order valence-corrected chi connectivity index (χ3v) is 10.6. The molecule has 0 aromatic heterocycles. The summed E-state index contributed by atoms with van der Waals surface area (Å²) in [4.78, 5) is 28.5. The zero-order valence-corrected chi connectivity index (χ0v) is 29.2. The maximum absolute atomic E-state index is 14.1. The lowest BCUT2D eigenvalue weighted by Crippen LogP contribution is -2.35. The third-order valence-electron chi connectivity index (χ3n) is 10.6. The molecule has 2 aliphatic heterocycles. The molecule has 2 heterocycles. The fourth-order valence-corrected chi connectivity index (χ4v) is 8.17. The van der Waals surface area contributed by atoms with Crippen LogP contribution in [0.2, 0.25) is 0 Å². The van der Waals surface area contributed by atoms with E-state index in [2.05, 4.69) is 13.0 Å². The number of imide groups is 1. The molecule has 0 radical (unpaired) electrons. The second-order valence-electron chi connectivity index (χ2n) is 14.0. The SMILES string of the molecule is CCC/C(=C\c1ccc(O)c2ccccc12)CC[C@H]1OC[C@H]2C1=C(COc1ccccc1)C[C@H]1C(=O)N(c3cc(C(F)(F)F)cc(C(F)(F)F)c3)C(=O)[C@H]12. The van der Waals surface area contributed by atoms with Gasteiger partial charge in [-0.05, 0) is 84.2 Å². The number of benzene rings is 4. The first kappa shape index (κ1) is 37.2. The van der Waals surface area contributed by atoms with Gasteiger partial charge < -0.3 is 14.6 Å². The average Bonchev–Trinajstić information content (AvgIpc) is 3.68. The van der Waals surface area contributed by atoms with Gasteiger partial charge in [0.05, 0.1) is 41.4 Å². The standard InChI is InChI=1S/C42H37F6NO5/c1-2-8-24(17-25-14-15-35(50)32-12-7-6-11-31(25)32)13-16-36-37-26(22-53-30-9-4-3-5-10-30)18-33-38(34(37)23-54-36)40(52)49(39(33)51)29-20-27(41(43,44)45)19-28(21-29)42(46,47)48/h3-7,9-12,14-15,17,19-21,33-34,36,38,50H,2,8,13,16,18,22-23H2,1H3/b24-17+/t33-,34+,36-,38-/m1/s1. The lowest BCUT2D eigenvalue weighted by Gasteiger charge is -2.31. The summed E-state index contributed by atoms with van der Waals surface area (Å²) < 4.78 is 95.2. The third kappa shape index (κ3) is 7.23. The van der Waals surface area contributed by atoms with E-state index < -0.39 is 64.8 Å². The van der Waals surface area contributed by atoms with Gasteiger partial charge in [-0.2, -0.15) is 26.3 Å². The van der Waals surface area contributed by atoms with Crippen LogP contribution in [0.4, 0.5) is 32.0 Å². The Hall–Kier alpha value is -5.10. The van der Waals surface area contributed by atoms with Crippen LogP contribution in [0.1, 0.15) is 55.7 Å². The van der Waals surface area contributed by atoms with E-state index in [0.29, 0.717) is 35.6 Å². The highest BCUT2D eigenvalue weighted by atomic mass is 19.4. The van der Waals surface area contributed by atoms with E-state index in [9.17, 15) is 41.0 Å². The van der Waals surface area contributed by atoms with Crippen molar-refractivity contribution in [2.24, 2.45) is 17.8 Å². The number of fused-ring (bicyclic) bond motifs is 4. The number of hydrogen-bond acceptors (Lipinski definition) is 5. The first-order valence-electron chi connectivity index (χ1n) is 17.8. The summed E-state index contributed by atoms with van der Waals surface area (Å²) in [6, 6.07) is 20.9. The number of halogens is 6. The van der Waals surface area contributed by atoms with Gasteiger partial charge in [0.25, 0.3) is 0 Å². The molecule has 4 aromatic carbocycles. The Balaban J connectivity index is 1.21. The highest BCUT2D eigenvalue weighted by Crippen LogP contribution is 2.51. The number of ether oxygens (including phenoxy) is 2. The minimum Gasteiger partial charge on any atom is -0.507 e. The second-order valence-corrected chi connectivity index (χ2v) is 14.0. The van der Waals surface area contributed by atoms with E-state index in [-0.39, 0.29) is 31.5 Å². The summed E-state index contributed by atoms with van der Waals surface area (Å²) in [6.07, 6.45) is -5.83. The van der Waals surface area contributed by atoms with Crippen molar-refractivity contribution in [3.63, 3.8) is 0 Å². The maximum Gasteiger partial charge on any atom is 0.416 e. The van der Waals surface area contributed by atoms with Crippen LogP contribution in [0.5, 0.6) is 11.5 Å². The lowest BCUT2D eigenvalue weighted by atomic mass is 9.69. The number of carbonyl (C=O) groups is 2. The molecule has 1 N–H and O–H groups in total. The molecule has 3 aliphatic rings. The molecular formula is C42H37F6NO5. The topological polar surface area (TPSA) is 76.1 Å². The van der Waals surface area contributed by atoms with E-state index >= 15 is 0 Å². The number of anilines is 1. The first-order chi connectivity index (χ1) is 25.7. The summed E-state index contributed by atoms with van der Waals surface area (Å²) in [6.45, 7) is 2.18. The number of para-hydroxylation sites is 1. The second kappa shape index (κ2) is 14.6. The number of phenolic OH excluding ortho intramolecular Hbond substituents is 1. The maximum atomic E-state index is 14.1. The minimum atomic E-state index is -5.15. The van der Waals surface area contributed by atoms with Crippen molar-refractivity contribution in [2.75, 3.05) is 18.1 Å². The number of phenols is 1. The predicted molar refractivity (Wildman–Crippen MR) is 190 cm³/mol. The van der Waals surface area contributed by atoms with Crippen LogP contribution in [0.25, 0.3) is 16.8 Å². The zero-order chi connectivity index (χ0) is 38.4. The van der Waals surface area contributed by atoms with Gasteiger partial charge in [-0.25, -0.2) is 4.90 Å². The average molecular weight is 750 g/mol. The quantitative estimate of drug-likeness (QED) is 0.0993. The van der Waals surface area contributed by atoms with Crippen LogP contribution < -0.4 is 9.64 Å². The Labute approximate surface area is 307 Å². The van der Waals surface area contributed by atoms with E-state index in [4.69, 9.17) is 9.47 Å². The van der Waals surface area contributed by atoms with Crippen LogP contribution in [0.15, 0.2) is 102 Å². The number of rotatable bonds is 10. The molecule has 0 spiro atoms. The molecule has 0 unspecified atom stereocenters. The number of aromatic hydroxyl groups is 1. The number of nitrogens with zero attached hydrogens (tertiary/aromatic N) is 1. The van der Waals surface area contributed by atoms with Crippen molar-refractivity contribution in [1.82, 2.24) is 0 Å². The number of allylic oxidation sites excluding steroid dienone is 1. The molecule has 6 nitrogen and oxygen atoms in total. The van der Waals surface area contributed by atoms with Crippen molar-refractivity contribution in [3.05, 3.63) is 118 Å². The molecule has 0 saturated carbocycles. The van der Waals surface area contributed by atoms with Crippen LogP contribution in [-0.4, -0.2) is 36.2 Å².